The Kier molecular flexibility index (Phi) is 3.57. The van der Waals surface area contributed by atoms with Crippen LogP contribution < -0.4 is 11.1 Å². The van der Waals surface area contributed by atoms with Crippen molar-refractivity contribution >= 4 is 5.91 Å². The first-order valence-electron chi connectivity index (χ1n) is 7.50. The van der Waals surface area contributed by atoms with Gasteiger partial charge in [0.05, 0.1) is 0 Å². The summed E-state index contributed by atoms with van der Waals surface area (Å²) in [5, 5.41) is 3.87. The molecule has 0 radical (unpaired) electrons. The first-order chi connectivity index (χ1) is 8.72. The maximum Gasteiger partial charge on any atom is 0.220 e. The molecule has 2 saturated heterocycles. The van der Waals surface area contributed by atoms with Gasteiger partial charge in [-0.15, -0.1) is 0 Å². The first kappa shape index (κ1) is 12.4. The van der Waals surface area contributed by atoms with Gasteiger partial charge in [0.15, 0.2) is 0 Å². The van der Waals surface area contributed by atoms with Gasteiger partial charge in [0.25, 0.3) is 0 Å². The summed E-state index contributed by atoms with van der Waals surface area (Å²) in [5.74, 6) is 0.904. The molecule has 2 bridgehead atoms. The zero-order chi connectivity index (χ0) is 12.5. The van der Waals surface area contributed by atoms with Crippen LogP contribution in [-0.2, 0) is 4.79 Å². The van der Waals surface area contributed by atoms with Gasteiger partial charge in [-0.05, 0) is 57.5 Å². The van der Waals surface area contributed by atoms with Crippen molar-refractivity contribution in [3.8, 4) is 0 Å². The van der Waals surface area contributed by atoms with Gasteiger partial charge in [0.2, 0.25) is 5.91 Å². The van der Waals surface area contributed by atoms with E-state index >= 15 is 0 Å². The van der Waals surface area contributed by atoms with Crippen LogP contribution in [-0.4, -0.2) is 42.5 Å². The van der Waals surface area contributed by atoms with E-state index in [2.05, 4.69) is 10.2 Å². The third-order valence-corrected chi connectivity index (χ3v) is 5.21. The van der Waals surface area contributed by atoms with E-state index in [-0.39, 0.29) is 11.8 Å². The quantitative estimate of drug-likeness (QED) is 0.777. The highest BCUT2D eigenvalue weighted by molar-refractivity contribution is 5.76. The highest BCUT2D eigenvalue weighted by Gasteiger charge is 2.35. The van der Waals surface area contributed by atoms with Crippen molar-refractivity contribution in [2.45, 2.75) is 50.6 Å². The van der Waals surface area contributed by atoms with Crippen molar-refractivity contribution in [1.82, 2.24) is 10.2 Å². The van der Waals surface area contributed by atoms with Gasteiger partial charge >= 0.3 is 0 Å². The van der Waals surface area contributed by atoms with Crippen LogP contribution in [0, 0.1) is 11.8 Å². The average Bonchev–Trinajstić information content (AvgIpc) is 2.76. The summed E-state index contributed by atoms with van der Waals surface area (Å²) >= 11 is 0. The van der Waals surface area contributed by atoms with E-state index in [1.54, 1.807) is 0 Å². The normalized spacial score (nSPS) is 43.9. The number of piperidine rings is 1. The average molecular weight is 251 g/mol. The number of nitrogens with zero attached hydrogens (tertiary/aromatic N) is 1. The predicted octanol–water partition coefficient (Wildman–Crippen LogP) is 0.714. The van der Waals surface area contributed by atoms with Gasteiger partial charge in [0, 0.05) is 24.5 Å². The van der Waals surface area contributed by atoms with Crippen LogP contribution in [0.25, 0.3) is 0 Å². The summed E-state index contributed by atoms with van der Waals surface area (Å²) in [6, 6.07) is 1.34. The number of nitrogens with two attached hydrogens (primary N) is 1. The Labute approximate surface area is 109 Å². The molecule has 4 nitrogen and oxygen atoms in total. The fourth-order valence-corrected chi connectivity index (χ4v) is 4.02. The molecule has 2 heterocycles. The van der Waals surface area contributed by atoms with Crippen molar-refractivity contribution in [3.63, 3.8) is 0 Å². The standard InChI is InChI=1S/C14H25N3O/c15-14(18)10-1-3-12(4-2-10)16-13-6-8-17-7-5-11(13)9-17/h10-13,16H,1-9H2,(H2,15,18). The number of amides is 1. The van der Waals surface area contributed by atoms with Crippen molar-refractivity contribution < 1.29 is 4.79 Å². The van der Waals surface area contributed by atoms with E-state index in [0.29, 0.717) is 6.04 Å². The van der Waals surface area contributed by atoms with Crippen molar-refractivity contribution in [1.29, 1.82) is 0 Å². The van der Waals surface area contributed by atoms with Crippen LogP contribution in [0.2, 0.25) is 0 Å². The molecule has 1 amide bonds. The largest absolute Gasteiger partial charge is 0.369 e. The number of nitrogens with one attached hydrogen (secondary N) is 1. The molecule has 18 heavy (non-hydrogen) atoms. The maximum absolute atomic E-state index is 11.2. The van der Waals surface area contributed by atoms with Crippen LogP contribution in [0.5, 0.6) is 0 Å². The number of carbonyl (C=O) groups is 1. The van der Waals surface area contributed by atoms with Crippen molar-refractivity contribution in [2.75, 3.05) is 19.6 Å². The molecule has 0 aromatic heterocycles. The lowest BCUT2D eigenvalue weighted by Gasteiger charge is -2.36. The molecule has 3 aliphatic rings. The monoisotopic (exact) mass is 251 g/mol. The molecule has 3 fully saturated rings. The van der Waals surface area contributed by atoms with E-state index in [1.807, 2.05) is 0 Å². The number of fused-ring (bicyclic) bond motifs is 2. The van der Waals surface area contributed by atoms with E-state index in [9.17, 15) is 4.79 Å². The molecule has 0 aromatic rings. The van der Waals surface area contributed by atoms with Crippen molar-refractivity contribution in [2.24, 2.45) is 17.6 Å². The van der Waals surface area contributed by atoms with Gasteiger partial charge in [-0.3, -0.25) is 4.79 Å². The smallest absolute Gasteiger partial charge is 0.220 e. The summed E-state index contributed by atoms with van der Waals surface area (Å²) in [7, 11) is 0. The Bertz CT molecular complexity index is 312. The van der Waals surface area contributed by atoms with Crippen LogP contribution >= 0.6 is 0 Å². The molecule has 2 aliphatic heterocycles. The van der Waals surface area contributed by atoms with Crippen LogP contribution in [0.3, 0.4) is 0 Å². The third kappa shape index (κ3) is 2.54. The van der Waals surface area contributed by atoms with E-state index in [4.69, 9.17) is 5.73 Å². The number of hydrogen-bond acceptors (Lipinski definition) is 3. The minimum Gasteiger partial charge on any atom is -0.369 e. The summed E-state index contributed by atoms with van der Waals surface area (Å²) in [5.41, 5.74) is 5.38. The molecule has 3 unspecified atom stereocenters. The maximum atomic E-state index is 11.2. The highest BCUT2D eigenvalue weighted by Crippen LogP contribution is 2.30. The Morgan fingerprint density at radius 2 is 1.78 bits per heavy atom. The van der Waals surface area contributed by atoms with Crippen LogP contribution in [0.4, 0.5) is 0 Å². The predicted molar refractivity (Wildman–Crippen MR) is 71.0 cm³/mol. The number of hydrogen-bond donors (Lipinski definition) is 2. The minimum absolute atomic E-state index is 0.0995. The molecular formula is C14H25N3O. The van der Waals surface area contributed by atoms with Crippen LogP contribution in [0.1, 0.15) is 38.5 Å². The number of primary amides is 1. The second kappa shape index (κ2) is 5.17. The highest BCUT2D eigenvalue weighted by atomic mass is 16.1. The van der Waals surface area contributed by atoms with E-state index in [0.717, 1.165) is 37.6 Å². The molecule has 3 N–H and O–H groups in total. The molecule has 3 rings (SSSR count). The summed E-state index contributed by atoms with van der Waals surface area (Å²) in [6.45, 7) is 3.87. The molecule has 0 aromatic carbocycles. The molecule has 3 atom stereocenters. The Hall–Kier alpha value is -0.610. The molecule has 102 valence electrons. The second-order valence-electron chi connectivity index (χ2n) is 6.36. The Morgan fingerprint density at radius 3 is 2.50 bits per heavy atom. The van der Waals surface area contributed by atoms with Gasteiger partial charge in [-0.25, -0.2) is 0 Å². The fraction of sp³-hybridized carbons (Fsp3) is 0.929. The van der Waals surface area contributed by atoms with Gasteiger partial charge in [-0.1, -0.05) is 0 Å². The third-order valence-electron chi connectivity index (χ3n) is 5.21. The molecule has 0 spiro atoms. The Morgan fingerprint density at radius 1 is 1.06 bits per heavy atom. The van der Waals surface area contributed by atoms with Crippen molar-refractivity contribution in [3.05, 3.63) is 0 Å². The van der Waals surface area contributed by atoms with Gasteiger partial charge < -0.3 is 16.0 Å². The van der Waals surface area contributed by atoms with Gasteiger partial charge in [-0.2, -0.15) is 0 Å². The zero-order valence-corrected chi connectivity index (χ0v) is 11.1. The fourth-order valence-electron chi connectivity index (χ4n) is 4.02. The van der Waals surface area contributed by atoms with Gasteiger partial charge in [0.1, 0.15) is 0 Å². The summed E-state index contributed by atoms with van der Waals surface area (Å²) < 4.78 is 0. The molecule has 1 aliphatic carbocycles. The first-order valence-corrected chi connectivity index (χ1v) is 7.50. The SMILES string of the molecule is NC(=O)C1CCC(NC2CCN3CCC2C3)CC1. The Balaban J connectivity index is 1.48. The zero-order valence-electron chi connectivity index (χ0n) is 11.1. The second-order valence-corrected chi connectivity index (χ2v) is 6.36. The number of rotatable bonds is 3. The minimum atomic E-state index is -0.0995. The molecule has 4 heteroatoms. The molecule has 1 saturated carbocycles. The topological polar surface area (TPSA) is 58.4 Å². The van der Waals surface area contributed by atoms with E-state index < -0.39 is 0 Å². The summed E-state index contributed by atoms with van der Waals surface area (Å²) in [6.07, 6.45) is 6.89. The molecular weight excluding hydrogens is 226 g/mol. The lowest BCUT2D eigenvalue weighted by molar-refractivity contribution is -0.122. The lowest BCUT2D eigenvalue weighted by atomic mass is 9.84. The van der Waals surface area contributed by atoms with E-state index in [1.165, 1.54) is 32.5 Å². The van der Waals surface area contributed by atoms with Crippen LogP contribution in [0.15, 0.2) is 0 Å². The summed E-state index contributed by atoms with van der Waals surface area (Å²) in [4.78, 5) is 13.7. The lowest BCUT2D eigenvalue weighted by Crippen LogP contribution is -2.49. The number of carbonyl (C=O) groups excluding carboxylic acids is 1.